The second kappa shape index (κ2) is 6.64. The minimum absolute atomic E-state index is 0.212. The third-order valence-corrected chi connectivity index (χ3v) is 5.17. The van der Waals surface area contributed by atoms with Gasteiger partial charge in [0.25, 0.3) is 0 Å². The number of aromatic amines is 1. The van der Waals surface area contributed by atoms with E-state index in [2.05, 4.69) is 10.2 Å². The van der Waals surface area contributed by atoms with Crippen LogP contribution in [0.25, 0.3) is 0 Å². The van der Waals surface area contributed by atoms with Crippen molar-refractivity contribution in [3.05, 3.63) is 11.4 Å². The molecule has 0 atom stereocenters. The van der Waals surface area contributed by atoms with Crippen LogP contribution >= 0.6 is 12.2 Å². The first-order valence-corrected chi connectivity index (χ1v) is 8.31. The van der Waals surface area contributed by atoms with Gasteiger partial charge < -0.3 is 5.73 Å². The summed E-state index contributed by atoms with van der Waals surface area (Å²) in [5.74, 6) is 0.212. The van der Waals surface area contributed by atoms with Gasteiger partial charge in [0.05, 0.1) is 16.4 Å². The predicted octanol–water partition coefficient (Wildman–Crippen LogP) is 1.35. The van der Waals surface area contributed by atoms with Gasteiger partial charge in [-0.3, -0.25) is 5.10 Å². The SMILES string of the molecule is Cc1n[nH]c(C)c1S(=O)(=O)N(CCC(N)=S)CC(C)C. The Morgan fingerprint density at radius 1 is 1.45 bits per heavy atom. The van der Waals surface area contributed by atoms with Gasteiger partial charge in [-0.05, 0) is 19.8 Å². The molecule has 0 fully saturated rings. The summed E-state index contributed by atoms with van der Waals surface area (Å²) in [6.45, 7) is 8.04. The molecule has 1 rings (SSSR count). The predicted molar refractivity (Wildman–Crippen MR) is 83.1 cm³/mol. The van der Waals surface area contributed by atoms with Crippen molar-refractivity contribution in [2.45, 2.75) is 39.0 Å². The van der Waals surface area contributed by atoms with Gasteiger partial charge in [0.15, 0.2) is 0 Å². The van der Waals surface area contributed by atoms with Gasteiger partial charge in [-0.25, -0.2) is 8.42 Å². The highest BCUT2D eigenvalue weighted by Crippen LogP contribution is 2.22. The van der Waals surface area contributed by atoms with E-state index in [0.717, 1.165) is 0 Å². The maximum atomic E-state index is 12.8. The molecule has 0 spiro atoms. The maximum Gasteiger partial charge on any atom is 0.246 e. The number of aromatic nitrogens is 2. The summed E-state index contributed by atoms with van der Waals surface area (Å²) in [7, 11) is -3.59. The largest absolute Gasteiger partial charge is 0.393 e. The van der Waals surface area contributed by atoms with Crippen LogP contribution in [-0.2, 0) is 10.0 Å². The molecule has 0 bridgehead atoms. The molecule has 0 aromatic carbocycles. The molecule has 20 heavy (non-hydrogen) atoms. The van der Waals surface area contributed by atoms with Gasteiger partial charge in [0.2, 0.25) is 10.0 Å². The van der Waals surface area contributed by atoms with Gasteiger partial charge in [0, 0.05) is 19.5 Å². The first-order chi connectivity index (χ1) is 9.16. The molecule has 1 aromatic rings. The highest BCUT2D eigenvalue weighted by molar-refractivity contribution is 7.89. The van der Waals surface area contributed by atoms with Crippen molar-refractivity contribution >= 4 is 27.2 Å². The van der Waals surface area contributed by atoms with Crippen molar-refractivity contribution in [1.82, 2.24) is 14.5 Å². The van der Waals surface area contributed by atoms with Gasteiger partial charge in [-0.15, -0.1) is 0 Å². The van der Waals surface area contributed by atoms with E-state index < -0.39 is 10.0 Å². The highest BCUT2D eigenvalue weighted by atomic mass is 32.2. The molecule has 0 aliphatic rings. The molecule has 0 saturated carbocycles. The van der Waals surface area contributed by atoms with Crippen LogP contribution in [0.4, 0.5) is 0 Å². The van der Waals surface area contributed by atoms with Crippen LogP contribution in [0.1, 0.15) is 31.7 Å². The van der Waals surface area contributed by atoms with Crippen molar-refractivity contribution in [1.29, 1.82) is 0 Å². The van der Waals surface area contributed by atoms with Gasteiger partial charge >= 0.3 is 0 Å². The third-order valence-electron chi connectivity index (χ3n) is 2.83. The van der Waals surface area contributed by atoms with E-state index in [1.165, 1.54) is 4.31 Å². The lowest BCUT2D eigenvalue weighted by molar-refractivity contribution is 0.374. The molecule has 6 nitrogen and oxygen atoms in total. The molecule has 8 heteroatoms. The molecule has 1 heterocycles. The molecular weight excluding hydrogens is 296 g/mol. The minimum atomic E-state index is -3.59. The summed E-state index contributed by atoms with van der Waals surface area (Å²) in [5.41, 5.74) is 6.51. The Bertz CT molecular complexity index is 559. The minimum Gasteiger partial charge on any atom is -0.393 e. The fraction of sp³-hybridized carbons (Fsp3) is 0.667. The van der Waals surface area contributed by atoms with Crippen LogP contribution in [0, 0.1) is 19.8 Å². The van der Waals surface area contributed by atoms with Crippen LogP contribution in [0.15, 0.2) is 4.90 Å². The van der Waals surface area contributed by atoms with E-state index in [4.69, 9.17) is 18.0 Å². The number of hydrogen-bond donors (Lipinski definition) is 2. The van der Waals surface area contributed by atoms with Gasteiger partial charge in [-0.2, -0.15) is 9.40 Å². The average Bonchev–Trinajstić information content (AvgIpc) is 2.63. The Labute approximate surface area is 125 Å². The van der Waals surface area contributed by atoms with Crippen LogP contribution in [0.5, 0.6) is 0 Å². The Morgan fingerprint density at radius 3 is 2.45 bits per heavy atom. The number of sulfonamides is 1. The summed E-state index contributed by atoms with van der Waals surface area (Å²) < 4.78 is 27.0. The lowest BCUT2D eigenvalue weighted by Crippen LogP contribution is -2.37. The first-order valence-electron chi connectivity index (χ1n) is 6.46. The summed E-state index contributed by atoms with van der Waals surface area (Å²) in [5, 5.41) is 6.67. The number of nitrogens with zero attached hydrogens (tertiary/aromatic N) is 2. The van der Waals surface area contributed by atoms with Crippen LogP contribution < -0.4 is 5.73 Å². The van der Waals surface area contributed by atoms with Gasteiger partial charge in [-0.1, -0.05) is 26.1 Å². The second-order valence-corrected chi connectivity index (χ2v) is 7.64. The van der Waals surface area contributed by atoms with E-state index in [-0.39, 0.29) is 10.8 Å². The van der Waals surface area contributed by atoms with E-state index in [0.29, 0.717) is 35.9 Å². The molecule has 0 saturated heterocycles. The van der Waals surface area contributed by atoms with E-state index in [9.17, 15) is 8.42 Å². The molecule has 0 radical (unpaired) electrons. The number of nitrogens with two attached hydrogens (primary N) is 1. The number of aryl methyl sites for hydroxylation is 2. The van der Waals surface area contributed by atoms with Crippen molar-refractivity contribution < 1.29 is 8.42 Å². The standard InChI is InChI=1S/C12H22N4O2S2/c1-8(2)7-16(6-5-11(13)19)20(17,18)12-9(3)14-15-10(12)4/h8H,5-7H2,1-4H3,(H2,13,19)(H,14,15). The molecule has 114 valence electrons. The zero-order valence-electron chi connectivity index (χ0n) is 12.3. The molecule has 0 amide bonds. The normalized spacial score (nSPS) is 12.3. The first kappa shape index (κ1) is 17.1. The monoisotopic (exact) mass is 318 g/mol. The molecule has 0 aliphatic carbocycles. The molecule has 0 unspecified atom stereocenters. The van der Waals surface area contributed by atoms with E-state index in [1.54, 1.807) is 13.8 Å². The molecule has 1 aromatic heterocycles. The summed E-state index contributed by atoms with van der Waals surface area (Å²) in [6.07, 6.45) is 0.372. The topological polar surface area (TPSA) is 92.1 Å². The second-order valence-electron chi connectivity index (χ2n) is 5.24. The Morgan fingerprint density at radius 2 is 2.05 bits per heavy atom. The van der Waals surface area contributed by atoms with Crippen molar-refractivity contribution in [3.8, 4) is 0 Å². The van der Waals surface area contributed by atoms with E-state index >= 15 is 0 Å². The van der Waals surface area contributed by atoms with Crippen LogP contribution in [0.3, 0.4) is 0 Å². The summed E-state index contributed by atoms with van der Waals surface area (Å²) >= 11 is 4.84. The quantitative estimate of drug-likeness (QED) is 0.740. The maximum absolute atomic E-state index is 12.8. The molecule has 3 N–H and O–H groups in total. The number of nitrogens with one attached hydrogen (secondary N) is 1. The zero-order chi connectivity index (χ0) is 15.5. The number of thiocarbonyl (C=S) groups is 1. The third kappa shape index (κ3) is 4.00. The average molecular weight is 318 g/mol. The van der Waals surface area contributed by atoms with Crippen LogP contribution in [-0.4, -0.2) is 41.0 Å². The number of H-pyrrole nitrogens is 1. The van der Waals surface area contributed by atoms with Crippen molar-refractivity contribution in [2.75, 3.05) is 13.1 Å². The van der Waals surface area contributed by atoms with Crippen molar-refractivity contribution in [2.24, 2.45) is 11.7 Å². The zero-order valence-corrected chi connectivity index (χ0v) is 13.9. The molecule has 0 aliphatic heterocycles. The van der Waals surface area contributed by atoms with Crippen molar-refractivity contribution in [3.63, 3.8) is 0 Å². The number of rotatable bonds is 7. The number of hydrogen-bond acceptors (Lipinski definition) is 4. The van der Waals surface area contributed by atoms with E-state index in [1.807, 2.05) is 13.8 Å². The fourth-order valence-electron chi connectivity index (χ4n) is 2.00. The van der Waals surface area contributed by atoms with Crippen LogP contribution in [0.2, 0.25) is 0 Å². The Hall–Kier alpha value is -0.990. The molecular formula is C12H22N4O2S2. The lowest BCUT2D eigenvalue weighted by Gasteiger charge is -2.23. The summed E-state index contributed by atoms with van der Waals surface area (Å²) in [4.78, 5) is 0.565. The Kier molecular flexibility index (Phi) is 5.67. The Balaban J connectivity index is 3.13. The smallest absolute Gasteiger partial charge is 0.246 e. The summed E-state index contributed by atoms with van der Waals surface area (Å²) in [6, 6.07) is 0. The van der Waals surface area contributed by atoms with Gasteiger partial charge in [0.1, 0.15) is 4.90 Å². The highest BCUT2D eigenvalue weighted by Gasteiger charge is 2.29. The lowest BCUT2D eigenvalue weighted by atomic mass is 10.2. The fourth-order valence-corrected chi connectivity index (χ4v) is 4.03.